The number of thiocarbonyl (C=S) groups is 1. The van der Waals surface area contributed by atoms with Gasteiger partial charge in [-0.25, -0.2) is 0 Å². The molecule has 0 saturated carbocycles. The van der Waals surface area contributed by atoms with Gasteiger partial charge >= 0.3 is 0 Å². The second kappa shape index (κ2) is 8.26. The summed E-state index contributed by atoms with van der Waals surface area (Å²) in [6.07, 6.45) is 0. The van der Waals surface area contributed by atoms with Crippen LogP contribution in [-0.2, 0) is 4.79 Å². The number of amides is 1. The average Bonchev–Trinajstić information content (AvgIpc) is 2.51. The number of rotatable bonds is 4. The molecule has 0 aliphatic rings. The summed E-state index contributed by atoms with van der Waals surface area (Å²) in [6, 6.07) is 13.3. The fraction of sp³-hybridized carbons (Fsp3) is 0.176. The van der Waals surface area contributed by atoms with Crippen molar-refractivity contribution in [2.75, 3.05) is 11.9 Å². The highest BCUT2D eigenvalue weighted by Crippen LogP contribution is 2.21. The van der Waals surface area contributed by atoms with Crippen molar-refractivity contribution in [2.45, 2.75) is 13.8 Å². The number of aryl methyl sites for hydroxylation is 2. The Labute approximate surface area is 154 Å². The standard InChI is InChI=1S/C17H17IN2O2S/c1-11-9-15(12(2)8-14(11)18)19-17(23)20-16(21)10-22-13-6-4-3-5-7-13/h3-9H,10H2,1-2H3,(H2,19,20,21,23). The van der Waals surface area contributed by atoms with Crippen molar-refractivity contribution in [3.05, 3.63) is 57.2 Å². The Kier molecular flexibility index (Phi) is 6.35. The van der Waals surface area contributed by atoms with Crippen molar-refractivity contribution < 1.29 is 9.53 Å². The Hall–Kier alpha value is -1.67. The zero-order valence-electron chi connectivity index (χ0n) is 12.9. The molecule has 1 amide bonds. The summed E-state index contributed by atoms with van der Waals surface area (Å²) in [6.45, 7) is 3.94. The lowest BCUT2D eigenvalue weighted by molar-refractivity contribution is -0.121. The zero-order chi connectivity index (χ0) is 16.8. The van der Waals surface area contributed by atoms with Crippen molar-refractivity contribution in [1.29, 1.82) is 0 Å². The number of carbonyl (C=O) groups excluding carboxylic acids is 1. The largest absolute Gasteiger partial charge is 0.484 e. The molecule has 2 aromatic carbocycles. The maximum atomic E-state index is 11.9. The van der Waals surface area contributed by atoms with Crippen molar-refractivity contribution >= 4 is 51.5 Å². The molecule has 0 heterocycles. The first-order valence-electron chi connectivity index (χ1n) is 7.01. The van der Waals surface area contributed by atoms with E-state index in [1.807, 2.05) is 38.1 Å². The highest BCUT2D eigenvalue weighted by Gasteiger charge is 2.08. The van der Waals surface area contributed by atoms with Crippen molar-refractivity contribution in [1.82, 2.24) is 5.32 Å². The molecule has 0 aromatic heterocycles. The molecule has 2 N–H and O–H groups in total. The van der Waals surface area contributed by atoms with Gasteiger partial charge in [-0.2, -0.15) is 0 Å². The molecule has 23 heavy (non-hydrogen) atoms. The molecule has 0 radical (unpaired) electrons. The Morgan fingerprint density at radius 1 is 1.17 bits per heavy atom. The van der Waals surface area contributed by atoms with E-state index in [4.69, 9.17) is 17.0 Å². The van der Waals surface area contributed by atoms with E-state index >= 15 is 0 Å². The maximum Gasteiger partial charge on any atom is 0.264 e. The molecular formula is C17H17IN2O2S. The van der Waals surface area contributed by atoms with Gasteiger partial charge in [0.15, 0.2) is 11.7 Å². The van der Waals surface area contributed by atoms with E-state index in [9.17, 15) is 4.79 Å². The van der Waals surface area contributed by atoms with Crippen molar-refractivity contribution in [2.24, 2.45) is 0 Å². The Morgan fingerprint density at radius 3 is 2.57 bits per heavy atom. The van der Waals surface area contributed by atoms with E-state index in [2.05, 4.69) is 39.3 Å². The van der Waals surface area contributed by atoms with Crippen LogP contribution >= 0.6 is 34.8 Å². The molecule has 0 aliphatic carbocycles. The number of benzene rings is 2. The lowest BCUT2D eigenvalue weighted by Gasteiger charge is -2.13. The zero-order valence-corrected chi connectivity index (χ0v) is 15.8. The van der Waals surface area contributed by atoms with Gasteiger partial charge in [-0.15, -0.1) is 0 Å². The summed E-state index contributed by atoms with van der Waals surface area (Å²) in [5, 5.41) is 5.92. The van der Waals surface area contributed by atoms with Crippen LogP contribution in [0, 0.1) is 17.4 Å². The number of carbonyl (C=O) groups is 1. The predicted molar refractivity (Wildman–Crippen MR) is 105 cm³/mol. The summed E-state index contributed by atoms with van der Waals surface area (Å²) in [5.41, 5.74) is 3.11. The Morgan fingerprint density at radius 2 is 1.87 bits per heavy atom. The van der Waals surface area contributed by atoms with Crippen LogP contribution in [0.4, 0.5) is 5.69 Å². The van der Waals surface area contributed by atoms with Crippen molar-refractivity contribution in [3.8, 4) is 5.75 Å². The Balaban J connectivity index is 1.87. The van der Waals surface area contributed by atoms with E-state index in [1.54, 1.807) is 12.1 Å². The predicted octanol–water partition coefficient (Wildman–Crippen LogP) is 3.80. The lowest BCUT2D eigenvalue weighted by Crippen LogP contribution is -2.37. The minimum absolute atomic E-state index is 0.0868. The molecule has 0 unspecified atom stereocenters. The summed E-state index contributed by atoms with van der Waals surface area (Å²) >= 11 is 7.47. The van der Waals surface area contributed by atoms with E-state index in [0.717, 1.165) is 16.8 Å². The van der Waals surface area contributed by atoms with Crippen molar-refractivity contribution in [3.63, 3.8) is 0 Å². The molecule has 120 valence electrons. The number of nitrogens with one attached hydrogen (secondary N) is 2. The van der Waals surface area contributed by atoms with E-state index in [0.29, 0.717) is 5.75 Å². The molecule has 0 bridgehead atoms. The van der Waals surface area contributed by atoms with Crippen LogP contribution in [0.5, 0.6) is 5.75 Å². The normalized spacial score (nSPS) is 10.0. The third-order valence-electron chi connectivity index (χ3n) is 3.12. The fourth-order valence-corrected chi connectivity index (χ4v) is 2.74. The summed E-state index contributed by atoms with van der Waals surface area (Å²) in [5.74, 6) is 0.344. The van der Waals surface area contributed by atoms with Gasteiger partial charge in [0.25, 0.3) is 5.91 Å². The summed E-state index contributed by atoms with van der Waals surface area (Å²) < 4.78 is 6.57. The van der Waals surface area contributed by atoms with Crippen LogP contribution in [0.15, 0.2) is 42.5 Å². The summed E-state index contributed by atoms with van der Waals surface area (Å²) in [7, 11) is 0. The van der Waals surface area contributed by atoms with Crippen LogP contribution in [0.1, 0.15) is 11.1 Å². The van der Waals surface area contributed by atoms with Gasteiger partial charge in [0, 0.05) is 9.26 Å². The second-order valence-corrected chi connectivity index (χ2v) is 6.59. The number of hydrogen-bond donors (Lipinski definition) is 2. The van der Waals surface area contributed by atoms with Gasteiger partial charge in [0.2, 0.25) is 0 Å². The highest BCUT2D eigenvalue weighted by molar-refractivity contribution is 14.1. The number of anilines is 1. The molecule has 2 aromatic rings. The minimum atomic E-state index is -0.300. The van der Waals surface area contributed by atoms with Gasteiger partial charge in [-0.05, 0) is 84.0 Å². The van der Waals surface area contributed by atoms with E-state index in [-0.39, 0.29) is 17.6 Å². The Bertz CT molecular complexity index is 720. The van der Waals surface area contributed by atoms with Crippen LogP contribution in [0.3, 0.4) is 0 Å². The number of halogens is 1. The van der Waals surface area contributed by atoms with Crippen LogP contribution in [0.2, 0.25) is 0 Å². The molecule has 2 rings (SSSR count). The third kappa shape index (κ3) is 5.47. The first-order valence-corrected chi connectivity index (χ1v) is 8.50. The van der Waals surface area contributed by atoms with Gasteiger partial charge < -0.3 is 10.1 Å². The number of ether oxygens (including phenoxy) is 1. The molecule has 0 atom stereocenters. The molecule has 0 fully saturated rings. The second-order valence-electron chi connectivity index (χ2n) is 5.02. The molecule has 0 spiro atoms. The van der Waals surface area contributed by atoms with Crippen LogP contribution in [-0.4, -0.2) is 17.6 Å². The highest BCUT2D eigenvalue weighted by atomic mass is 127. The monoisotopic (exact) mass is 440 g/mol. The molecule has 6 heteroatoms. The first-order chi connectivity index (χ1) is 11.0. The van der Waals surface area contributed by atoms with Crippen LogP contribution < -0.4 is 15.4 Å². The lowest BCUT2D eigenvalue weighted by atomic mass is 10.1. The molecule has 0 aliphatic heterocycles. The average molecular weight is 440 g/mol. The SMILES string of the molecule is Cc1cc(NC(=S)NC(=O)COc2ccccc2)c(C)cc1I. The molecule has 0 saturated heterocycles. The van der Waals surface area contributed by atoms with E-state index < -0.39 is 0 Å². The maximum absolute atomic E-state index is 11.9. The van der Waals surface area contributed by atoms with Gasteiger partial charge in [-0.3, -0.25) is 10.1 Å². The topological polar surface area (TPSA) is 50.4 Å². The molecule has 4 nitrogen and oxygen atoms in total. The van der Waals surface area contributed by atoms with Gasteiger partial charge in [-0.1, -0.05) is 18.2 Å². The smallest absolute Gasteiger partial charge is 0.264 e. The third-order valence-corrected chi connectivity index (χ3v) is 4.49. The quantitative estimate of drug-likeness (QED) is 0.561. The molecular weight excluding hydrogens is 423 g/mol. The first kappa shape index (κ1) is 17.7. The van der Waals surface area contributed by atoms with Gasteiger partial charge in [0.05, 0.1) is 0 Å². The fourth-order valence-electron chi connectivity index (χ4n) is 1.90. The number of para-hydroxylation sites is 1. The van der Waals surface area contributed by atoms with E-state index in [1.165, 1.54) is 3.57 Å². The number of hydrogen-bond acceptors (Lipinski definition) is 3. The minimum Gasteiger partial charge on any atom is -0.484 e. The van der Waals surface area contributed by atoms with Gasteiger partial charge in [0.1, 0.15) is 5.75 Å². The summed E-state index contributed by atoms with van der Waals surface area (Å²) in [4.78, 5) is 11.9. The van der Waals surface area contributed by atoms with Crippen LogP contribution in [0.25, 0.3) is 0 Å².